The Kier molecular flexibility index (Phi) is 7.17. The summed E-state index contributed by atoms with van der Waals surface area (Å²) in [5.41, 5.74) is 0.860. The van der Waals surface area contributed by atoms with E-state index in [1.165, 1.54) is 0 Å². The van der Waals surface area contributed by atoms with Gasteiger partial charge in [-0.05, 0) is 45.4 Å². The largest absolute Gasteiger partial charge is 0.491 e. The lowest BCUT2D eigenvalue weighted by atomic mass is 9.90. The first-order chi connectivity index (χ1) is 14.7. The van der Waals surface area contributed by atoms with Gasteiger partial charge in [0.15, 0.2) is 0 Å². The summed E-state index contributed by atoms with van der Waals surface area (Å²) < 4.78 is 21.9. The number of nitrogens with one attached hydrogen (secondary N) is 2. The number of hydrogen-bond donors (Lipinski definition) is 2. The van der Waals surface area contributed by atoms with E-state index in [9.17, 15) is 14.4 Å². The van der Waals surface area contributed by atoms with Gasteiger partial charge in [0.05, 0.1) is 25.4 Å². The molecule has 9 heteroatoms. The maximum Gasteiger partial charge on any atom is 0.407 e. The third-order valence-corrected chi connectivity index (χ3v) is 4.60. The van der Waals surface area contributed by atoms with Crippen LogP contribution in [-0.2, 0) is 19.1 Å². The molecule has 0 aliphatic carbocycles. The molecule has 1 aromatic carbocycles. The van der Waals surface area contributed by atoms with Gasteiger partial charge in [0.2, 0.25) is 11.8 Å². The van der Waals surface area contributed by atoms with Crippen molar-refractivity contribution < 1.29 is 33.0 Å². The van der Waals surface area contributed by atoms with Crippen LogP contribution < -0.4 is 15.4 Å². The summed E-state index contributed by atoms with van der Waals surface area (Å²) in [5, 5.41) is 5.78. The van der Waals surface area contributed by atoms with Crippen LogP contribution in [0.4, 0.5) is 4.79 Å². The number of hydrogen-bond acceptors (Lipinski definition) is 7. The molecule has 0 spiro atoms. The first-order valence-electron chi connectivity index (χ1n) is 10.3. The van der Waals surface area contributed by atoms with Crippen molar-refractivity contribution in [2.45, 2.75) is 45.1 Å². The lowest BCUT2D eigenvalue weighted by Gasteiger charge is -2.20. The van der Waals surface area contributed by atoms with Gasteiger partial charge in [0.1, 0.15) is 23.5 Å². The summed E-state index contributed by atoms with van der Waals surface area (Å²) in [7, 11) is 0. The van der Waals surface area contributed by atoms with Gasteiger partial charge in [-0.2, -0.15) is 0 Å². The molecule has 1 aromatic heterocycles. The molecule has 0 bridgehead atoms. The molecule has 0 radical (unpaired) electrons. The fourth-order valence-electron chi connectivity index (χ4n) is 3.24. The second-order valence-corrected chi connectivity index (χ2v) is 8.24. The summed E-state index contributed by atoms with van der Waals surface area (Å²) in [6.07, 6.45) is 1.84. The van der Waals surface area contributed by atoms with E-state index in [1.54, 1.807) is 39.2 Å². The molecule has 1 aliphatic heterocycles. The summed E-state index contributed by atoms with van der Waals surface area (Å²) in [5.74, 6) is -0.356. The monoisotopic (exact) mass is 432 g/mol. The highest BCUT2D eigenvalue weighted by molar-refractivity contribution is 6.02. The minimum absolute atomic E-state index is 0.251. The maximum atomic E-state index is 12.2. The number of ether oxygens (including phenoxy) is 3. The predicted octanol–water partition coefficient (Wildman–Crippen LogP) is 2.87. The number of alkyl carbamates (subject to hydrolysis) is 1. The lowest BCUT2D eigenvalue weighted by molar-refractivity contribution is -0.134. The number of carbonyl (C=O) groups excluding carboxylic acids is 3. The zero-order chi connectivity index (χ0) is 22.4. The SMILES string of the molecule is CC(C)(C)OC(=O)NCCOCCOc1ccc2occ(C3CCC(=O)NC3=O)c2c1. The molecule has 9 nitrogen and oxygen atoms in total. The molecule has 31 heavy (non-hydrogen) atoms. The van der Waals surface area contributed by atoms with E-state index in [0.29, 0.717) is 50.5 Å². The number of fused-ring (bicyclic) bond motifs is 1. The number of carbonyl (C=O) groups is 3. The molecular weight excluding hydrogens is 404 g/mol. The molecule has 1 saturated heterocycles. The van der Waals surface area contributed by atoms with Crippen LogP contribution in [0.2, 0.25) is 0 Å². The van der Waals surface area contributed by atoms with Crippen molar-refractivity contribution >= 4 is 28.9 Å². The van der Waals surface area contributed by atoms with E-state index in [1.807, 2.05) is 6.07 Å². The lowest BCUT2D eigenvalue weighted by Crippen LogP contribution is -2.39. The van der Waals surface area contributed by atoms with Crippen LogP contribution in [0.3, 0.4) is 0 Å². The Hall–Kier alpha value is -3.07. The number of rotatable bonds is 8. The molecule has 1 aliphatic rings. The van der Waals surface area contributed by atoms with E-state index in [4.69, 9.17) is 18.6 Å². The molecule has 2 aromatic rings. The molecule has 0 saturated carbocycles. The Morgan fingerprint density at radius 3 is 2.77 bits per heavy atom. The minimum atomic E-state index is -0.535. The third-order valence-electron chi connectivity index (χ3n) is 4.60. The van der Waals surface area contributed by atoms with Crippen LogP contribution in [0.25, 0.3) is 11.0 Å². The van der Waals surface area contributed by atoms with Crippen LogP contribution in [0, 0.1) is 0 Å². The van der Waals surface area contributed by atoms with Gasteiger partial charge in [0.25, 0.3) is 0 Å². The fraction of sp³-hybridized carbons (Fsp3) is 0.500. The molecule has 3 amide bonds. The Labute approximate surface area is 180 Å². The average molecular weight is 432 g/mol. The van der Waals surface area contributed by atoms with E-state index < -0.39 is 17.6 Å². The topological polar surface area (TPSA) is 116 Å². The van der Waals surface area contributed by atoms with Gasteiger partial charge in [0, 0.05) is 23.9 Å². The van der Waals surface area contributed by atoms with Crippen molar-refractivity contribution in [3.63, 3.8) is 0 Å². The van der Waals surface area contributed by atoms with Crippen LogP contribution in [0.5, 0.6) is 5.75 Å². The predicted molar refractivity (Wildman–Crippen MR) is 112 cm³/mol. The number of amides is 3. The summed E-state index contributed by atoms with van der Waals surface area (Å²) in [6.45, 7) is 6.75. The van der Waals surface area contributed by atoms with E-state index in [2.05, 4.69) is 10.6 Å². The van der Waals surface area contributed by atoms with Crippen molar-refractivity contribution in [1.29, 1.82) is 0 Å². The summed E-state index contributed by atoms with van der Waals surface area (Å²) in [6, 6.07) is 5.39. The number of furan rings is 1. The van der Waals surface area contributed by atoms with Crippen LogP contribution in [0.15, 0.2) is 28.9 Å². The smallest absolute Gasteiger partial charge is 0.407 e. The zero-order valence-electron chi connectivity index (χ0n) is 18.0. The normalized spacial score (nSPS) is 16.8. The minimum Gasteiger partial charge on any atom is -0.491 e. The van der Waals surface area contributed by atoms with Gasteiger partial charge >= 0.3 is 6.09 Å². The highest BCUT2D eigenvalue weighted by Gasteiger charge is 2.30. The number of piperidine rings is 1. The first-order valence-corrected chi connectivity index (χ1v) is 10.3. The third kappa shape index (κ3) is 6.45. The van der Waals surface area contributed by atoms with Crippen molar-refractivity contribution in [1.82, 2.24) is 10.6 Å². The van der Waals surface area contributed by atoms with Crippen LogP contribution >= 0.6 is 0 Å². The van der Waals surface area contributed by atoms with Gasteiger partial charge < -0.3 is 23.9 Å². The molecular formula is C22H28N2O7. The second-order valence-electron chi connectivity index (χ2n) is 8.24. The average Bonchev–Trinajstić information content (AvgIpc) is 3.09. The Morgan fingerprint density at radius 1 is 1.23 bits per heavy atom. The molecule has 168 valence electrons. The fourth-order valence-corrected chi connectivity index (χ4v) is 3.24. The molecule has 1 unspecified atom stereocenters. The molecule has 3 rings (SSSR count). The van der Waals surface area contributed by atoms with Gasteiger partial charge in [-0.15, -0.1) is 0 Å². The standard InChI is InChI=1S/C22H28N2O7/c1-22(2,3)31-21(27)23-8-9-28-10-11-29-14-4-6-18-16(12-14)17(13-30-18)15-5-7-19(25)24-20(15)26/h4,6,12-13,15H,5,7-11H2,1-3H3,(H,23,27)(H,24,25,26). The summed E-state index contributed by atoms with van der Waals surface area (Å²) in [4.78, 5) is 35.1. The van der Waals surface area contributed by atoms with Crippen molar-refractivity contribution in [3.8, 4) is 5.75 Å². The number of benzene rings is 1. The van der Waals surface area contributed by atoms with E-state index in [-0.39, 0.29) is 11.8 Å². The molecule has 1 atom stereocenters. The number of imide groups is 1. The van der Waals surface area contributed by atoms with Gasteiger partial charge in [-0.25, -0.2) is 4.79 Å². The quantitative estimate of drug-likeness (QED) is 0.487. The van der Waals surface area contributed by atoms with Crippen molar-refractivity contribution in [2.75, 3.05) is 26.4 Å². The highest BCUT2D eigenvalue weighted by atomic mass is 16.6. The zero-order valence-corrected chi connectivity index (χ0v) is 18.0. The maximum absolute atomic E-state index is 12.2. The first kappa shape index (κ1) is 22.6. The summed E-state index contributed by atoms with van der Waals surface area (Å²) >= 11 is 0. The Bertz CT molecular complexity index is 945. The van der Waals surface area contributed by atoms with Crippen molar-refractivity contribution in [2.24, 2.45) is 0 Å². The van der Waals surface area contributed by atoms with Crippen LogP contribution in [0.1, 0.15) is 45.1 Å². The second kappa shape index (κ2) is 9.82. The van der Waals surface area contributed by atoms with Crippen molar-refractivity contribution in [3.05, 3.63) is 30.0 Å². The Balaban J connectivity index is 1.44. The van der Waals surface area contributed by atoms with E-state index in [0.717, 1.165) is 10.9 Å². The molecule has 2 heterocycles. The van der Waals surface area contributed by atoms with Gasteiger partial charge in [-0.1, -0.05) is 0 Å². The molecule has 2 N–H and O–H groups in total. The Morgan fingerprint density at radius 2 is 2.03 bits per heavy atom. The molecule has 1 fully saturated rings. The van der Waals surface area contributed by atoms with Crippen LogP contribution in [-0.4, -0.2) is 49.9 Å². The van der Waals surface area contributed by atoms with Gasteiger partial charge in [-0.3, -0.25) is 14.9 Å². The van der Waals surface area contributed by atoms with E-state index >= 15 is 0 Å². The highest BCUT2D eigenvalue weighted by Crippen LogP contribution is 2.34.